The quantitative estimate of drug-likeness (QED) is 0.243. The Labute approximate surface area is 214 Å². The number of rotatable bonds is 12. The lowest BCUT2D eigenvalue weighted by atomic mass is 9.86. The van der Waals surface area contributed by atoms with Crippen molar-refractivity contribution in [2.24, 2.45) is 0 Å². The molecule has 0 N–H and O–H groups in total. The normalized spacial score (nSPS) is 18.7. The Hall–Kier alpha value is -3.13. The number of ether oxygens (including phenoxy) is 6. The van der Waals surface area contributed by atoms with Crippen LogP contribution in [0.1, 0.15) is 42.5 Å². The van der Waals surface area contributed by atoms with Crippen LogP contribution in [0.3, 0.4) is 0 Å². The lowest BCUT2D eigenvalue weighted by Gasteiger charge is -2.46. The maximum absolute atomic E-state index is 11.6. The number of hydrogen-bond donors (Lipinski definition) is 0. The molecule has 2 atom stereocenters. The molecule has 0 saturated heterocycles. The first kappa shape index (κ1) is 27.5. The first-order valence-electron chi connectivity index (χ1n) is 12.4. The highest BCUT2D eigenvalue weighted by Gasteiger charge is 2.40. The van der Waals surface area contributed by atoms with Gasteiger partial charge in [0, 0.05) is 31.2 Å². The number of fused-ring (bicyclic) bond motifs is 1. The average Bonchev–Trinajstić information content (AvgIpc) is 2.91. The maximum atomic E-state index is 11.6. The molecule has 0 amide bonds. The molecule has 3 rings (SSSR count). The van der Waals surface area contributed by atoms with E-state index in [1.165, 1.54) is 11.1 Å². The van der Waals surface area contributed by atoms with Crippen LogP contribution in [0.5, 0.6) is 28.7 Å². The van der Waals surface area contributed by atoms with Crippen molar-refractivity contribution in [2.45, 2.75) is 38.6 Å². The van der Waals surface area contributed by atoms with Gasteiger partial charge in [-0.05, 0) is 35.4 Å². The molecule has 0 radical (unpaired) electrons. The smallest absolute Gasteiger partial charge is 0.305 e. The Kier molecular flexibility index (Phi) is 9.31. The fourth-order valence-electron chi connectivity index (χ4n) is 5.12. The van der Waals surface area contributed by atoms with E-state index in [1.807, 2.05) is 19.1 Å². The number of esters is 1. The molecule has 2 aromatic rings. The highest BCUT2D eigenvalue weighted by molar-refractivity contribution is 5.68. The van der Waals surface area contributed by atoms with Crippen molar-refractivity contribution in [3.8, 4) is 28.7 Å². The van der Waals surface area contributed by atoms with E-state index in [0.717, 1.165) is 53.9 Å². The minimum absolute atomic E-state index is 0.137. The molecule has 0 spiro atoms. The number of carbonyl (C=O) groups is 1. The predicted molar refractivity (Wildman–Crippen MR) is 138 cm³/mol. The molecule has 0 aromatic heterocycles. The number of benzene rings is 2. The van der Waals surface area contributed by atoms with Crippen LogP contribution in [0.15, 0.2) is 24.3 Å². The van der Waals surface area contributed by atoms with Crippen molar-refractivity contribution in [3.63, 3.8) is 0 Å². The zero-order valence-electron chi connectivity index (χ0n) is 22.6. The molecule has 1 unspecified atom stereocenters. The highest BCUT2D eigenvalue weighted by Crippen LogP contribution is 2.44. The van der Waals surface area contributed by atoms with E-state index in [2.05, 4.69) is 19.2 Å². The van der Waals surface area contributed by atoms with E-state index >= 15 is 0 Å². The Morgan fingerprint density at radius 1 is 0.889 bits per heavy atom. The molecule has 8 nitrogen and oxygen atoms in total. The lowest BCUT2D eigenvalue weighted by molar-refractivity contribution is -0.941. The summed E-state index contributed by atoms with van der Waals surface area (Å²) in [5.41, 5.74) is 3.58. The minimum Gasteiger partial charge on any atom is -0.493 e. The number of carbonyl (C=O) groups excluding carboxylic acids is 1. The minimum atomic E-state index is -0.160. The third-order valence-corrected chi connectivity index (χ3v) is 7.17. The Bertz CT molecular complexity index is 1030. The van der Waals surface area contributed by atoms with E-state index in [-0.39, 0.29) is 12.0 Å². The van der Waals surface area contributed by atoms with Gasteiger partial charge in [-0.3, -0.25) is 4.79 Å². The van der Waals surface area contributed by atoms with Crippen LogP contribution >= 0.6 is 0 Å². The van der Waals surface area contributed by atoms with Crippen molar-refractivity contribution >= 4 is 5.97 Å². The molecule has 1 aliphatic heterocycles. The number of methoxy groups -OCH3 is 5. The van der Waals surface area contributed by atoms with Crippen LogP contribution < -0.4 is 23.7 Å². The van der Waals surface area contributed by atoms with Gasteiger partial charge >= 0.3 is 5.97 Å². The molecular formula is C28H40NO7+. The first-order valence-corrected chi connectivity index (χ1v) is 12.4. The zero-order chi connectivity index (χ0) is 26.3. The summed E-state index contributed by atoms with van der Waals surface area (Å²) in [4.78, 5) is 11.6. The Morgan fingerprint density at radius 2 is 1.50 bits per heavy atom. The van der Waals surface area contributed by atoms with Crippen LogP contribution in [0, 0.1) is 0 Å². The van der Waals surface area contributed by atoms with Crippen molar-refractivity contribution in [1.82, 2.24) is 0 Å². The van der Waals surface area contributed by atoms with Crippen LogP contribution in [0.25, 0.3) is 0 Å². The van der Waals surface area contributed by atoms with Gasteiger partial charge in [-0.2, -0.15) is 0 Å². The van der Waals surface area contributed by atoms with Crippen LogP contribution in [-0.4, -0.2) is 72.7 Å². The fraction of sp³-hybridized carbons (Fsp3) is 0.536. The molecule has 0 saturated carbocycles. The molecule has 0 aliphatic carbocycles. The second kappa shape index (κ2) is 12.2. The van der Waals surface area contributed by atoms with E-state index in [0.29, 0.717) is 30.3 Å². The Balaban J connectivity index is 2.01. The summed E-state index contributed by atoms with van der Waals surface area (Å²) in [6, 6.07) is 8.39. The molecule has 8 heteroatoms. The van der Waals surface area contributed by atoms with E-state index in [4.69, 9.17) is 28.4 Å². The summed E-state index contributed by atoms with van der Waals surface area (Å²) < 4.78 is 34.2. The summed E-state index contributed by atoms with van der Waals surface area (Å²) in [6.45, 7) is 4.07. The molecule has 198 valence electrons. The van der Waals surface area contributed by atoms with Gasteiger partial charge in [0.15, 0.2) is 23.0 Å². The van der Waals surface area contributed by atoms with Crippen LogP contribution in [0.4, 0.5) is 0 Å². The molecule has 1 aliphatic rings. The molecular weight excluding hydrogens is 462 g/mol. The third-order valence-electron chi connectivity index (χ3n) is 7.17. The first-order chi connectivity index (χ1) is 17.3. The molecule has 2 aromatic carbocycles. The second-order valence-corrected chi connectivity index (χ2v) is 9.26. The third kappa shape index (κ3) is 5.81. The summed E-state index contributed by atoms with van der Waals surface area (Å²) in [6.07, 6.45) is 2.86. The maximum Gasteiger partial charge on any atom is 0.305 e. The SMILES string of the molecule is CCC(=O)OCCC[N+]1(C)CCc2cc(OC)c(OC)cc2[C@H]1Cc1cc(OC)c(OC)c(OC)c1. The summed E-state index contributed by atoms with van der Waals surface area (Å²) >= 11 is 0. The molecule has 0 bridgehead atoms. The lowest BCUT2D eigenvalue weighted by Crippen LogP contribution is -2.52. The van der Waals surface area contributed by atoms with Crippen molar-refractivity contribution in [1.29, 1.82) is 0 Å². The van der Waals surface area contributed by atoms with Gasteiger partial charge in [-0.1, -0.05) is 6.92 Å². The van der Waals surface area contributed by atoms with Crippen molar-refractivity contribution in [3.05, 3.63) is 41.0 Å². The largest absolute Gasteiger partial charge is 0.493 e. The molecule has 1 heterocycles. The van der Waals surface area contributed by atoms with Gasteiger partial charge in [0.2, 0.25) is 5.75 Å². The number of likely N-dealkylation sites (N-methyl/N-ethyl adjacent to an activating group) is 1. The summed E-state index contributed by atoms with van der Waals surface area (Å²) in [5, 5.41) is 0. The summed E-state index contributed by atoms with van der Waals surface area (Å²) in [7, 11) is 10.5. The number of nitrogens with zero attached hydrogens (tertiary/aromatic N) is 1. The molecule has 0 fully saturated rings. The topological polar surface area (TPSA) is 72.5 Å². The van der Waals surface area contributed by atoms with Gasteiger partial charge < -0.3 is 32.9 Å². The van der Waals surface area contributed by atoms with Crippen LogP contribution in [-0.2, 0) is 22.4 Å². The summed E-state index contributed by atoms with van der Waals surface area (Å²) in [5.74, 6) is 3.15. The second-order valence-electron chi connectivity index (χ2n) is 9.26. The van der Waals surface area contributed by atoms with Gasteiger partial charge in [0.05, 0.1) is 62.3 Å². The van der Waals surface area contributed by atoms with Gasteiger partial charge in [-0.25, -0.2) is 0 Å². The van der Waals surface area contributed by atoms with E-state index in [1.54, 1.807) is 35.5 Å². The van der Waals surface area contributed by atoms with Crippen molar-refractivity contribution in [2.75, 3.05) is 62.3 Å². The number of hydrogen-bond acceptors (Lipinski definition) is 7. The van der Waals surface area contributed by atoms with Crippen LogP contribution in [0.2, 0.25) is 0 Å². The van der Waals surface area contributed by atoms with E-state index < -0.39 is 0 Å². The van der Waals surface area contributed by atoms with Gasteiger partial charge in [-0.15, -0.1) is 0 Å². The Morgan fingerprint density at radius 3 is 2.06 bits per heavy atom. The number of quaternary nitrogens is 1. The predicted octanol–water partition coefficient (Wildman–Crippen LogP) is 4.36. The van der Waals surface area contributed by atoms with Gasteiger partial charge in [0.1, 0.15) is 6.04 Å². The standard InChI is InChI=1S/C28H40NO7/c1-8-27(30)36-13-9-11-29(2)12-10-20-17-23(31-3)24(32-4)18-21(20)22(29)14-19-15-25(33-5)28(35-7)26(16-19)34-6/h15-18,22H,8-14H2,1-7H3/q+1/t22-,29?/m1/s1. The highest BCUT2D eigenvalue weighted by atomic mass is 16.5. The van der Waals surface area contributed by atoms with Gasteiger partial charge in [0.25, 0.3) is 0 Å². The molecule has 36 heavy (non-hydrogen) atoms. The fourth-order valence-corrected chi connectivity index (χ4v) is 5.12. The zero-order valence-corrected chi connectivity index (χ0v) is 22.6. The average molecular weight is 503 g/mol. The van der Waals surface area contributed by atoms with Crippen molar-refractivity contribution < 1.29 is 37.7 Å². The van der Waals surface area contributed by atoms with E-state index in [9.17, 15) is 4.79 Å². The monoisotopic (exact) mass is 502 g/mol.